The maximum Gasteiger partial charge on any atom is 1.00 e. The van der Waals surface area contributed by atoms with Crippen molar-refractivity contribution in [3.05, 3.63) is 24.0 Å². The third kappa shape index (κ3) is 7.10. The van der Waals surface area contributed by atoms with Crippen LogP contribution in [0.2, 0.25) is 0 Å². The van der Waals surface area contributed by atoms with E-state index in [1.807, 2.05) is 0 Å². The molecular formula is C11H14BF4KO2. The molecule has 8 heteroatoms. The second kappa shape index (κ2) is 9.36. The van der Waals surface area contributed by atoms with E-state index in [1.54, 1.807) is 7.11 Å². The van der Waals surface area contributed by atoms with Crippen LogP contribution in [0, 0.1) is 5.82 Å². The number of hydrogen-bond donors (Lipinski definition) is 0. The number of methoxy groups -OCH3 is 1. The summed E-state index contributed by atoms with van der Waals surface area (Å²) in [6, 6.07) is 2.43. The van der Waals surface area contributed by atoms with E-state index in [9.17, 15) is 17.3 Å². The van der Waals surface area contributed by atoms with Crippen LogP contribution in [0.3, 0.4) is 0 Å². The molecule has 0 aliphatic rings. The van der Waals surface area contributed by atoms with Gasteiger partial charge in [-0.2, -0.15) is 0 Å². The van der Waals surface area contributed by atoms with E-state index >= 15 is 0 Å². The Kier molecular flexibility index (Phi) is 9.56. The smallest absolute Gasteiger partial charge is 0.497 e. The van der Waals surface area contributed by atoms with E-state index in [4.69, 9.17) is 9.47 Å². The second-order valence-electron chi connectivity index (χ2n) is 3.81. The average molecular weight is 304 g/mol. The molecule has 0 aliphatic heterocycles. The summed E-state index contributed by atoms with van der Waals surface area (Å²) >= 11 is 0. The monoisotopic (exact) mass is 304 g/mol. The molecule has 0 aliphatic carbocycles. The molecule has 0 fully saturated rings. The molecule has 1 aromatic rings. The Hall–Kier alpha value is 0.401. The summed E-state index contributed by atoms with van der Waals surface area (Å²) in [6.45, 7) is -4.60. The van der Waals surface area contributed by atoms with Gasteiger partial charge in [-0.15, -0.1) is 0 Å². The number of unbranched alkanes of at least 4 members (excludes halogenated alkanes) is 1. The Labute approximate surface area is 152 Å². The molecule has 0 saturated carbocycles. The largest absolute Gasteiger partial charge is 1.00 e. The topological polar surface area (TPSA) is 18.5 Å². The van der Waals surface area contributed by atoms with Crippen molar-refractivity contribution in [2.45, 2.75) is 12.8 Å². The Balaban J connectivity index is 0.00000324. The van der Waals surface area contributed by atoms with Gasteiger partial charge in [-0.25, -0.2) is 4.39 Å². The molecule has 0 atom stereocenters. The minimum atomic E-state index is -5.28. The maximum absolute atomic E-state index is 12.8. The van der Waals surface area contributed by atoms with Gasteiger partial charge < -0.3 is 22.4 Å². The van der Waals surface area contributed by atoms with E-state index in [-0.39, 0.29) is 63.7 Å². The van der Waals surface area contributed by atoms with Gasteiger partial charge >= 0.3 is 58.4 Å². The summed E-state index contributed by atoms with van der Waals surface area (Å²) in [7, 11) is 1.55. The van der Waals surface area contributed by atoms with Crippen molar-refractivity contribution in [3.8, 4) is 5.75 Å². The van der Waals surface area contributed by atoms with Crippen molar-refractivity contribution in [1.82, 2.24) is 0 Å². The van der Waals surface area contributed by atoms with Crippen molar-refractivity contribution in [3.63, 3.8) is 0 Å². The van der Waals surface area contributed by atoms with Crippen LogP contribution in [0.5, 0.6) is 5.75 Å². The van der Waals surface area contributed by atoms with E-state index in [0.717, 1.165) is 12.1 Å². The first-order chi connectivity index (χ1) is 8.45. The molecule has 0 amide bonds. The number of halogens is 4. The van der Waals surface area contributed by atoms with Crippen LogP contribution in [0.25, 0.3) is 0 Å². The SMILES string of the molecule is COCCCCOc1ccc(F)cc1[B-](F)(F)F.[K+]. The number of rotatable bonds is 7. The van der Waals surface area contributed by atoms with Gasteiger partial charge in [0, 0.05) is 13.7 Å². The fraction of sp³-hybridized carbons (Fsp3) is 0.455. The zero-order valence-corrected chi connectivity index (χ0v) is 14.1. The molecule has 0 radical (unpaired) electrons. The van der Waals surface area contributed by atoms with Crippen molar-refractivity contribution in [1.29, 1.82) is 0 Å². The van der Waals surface area contributed by atoms with Gasteiger partial charge in [0.25, 0.3) is 0 Å². The van der Waals surface area contributed by atoms with Crippen LogP contribution >= 0.6 is 0 Å². The van der Waals surface area contributed by atoms with Crippen LogP contribution in [0.4, 0.5) is 17.3 Å². The third-order valence-electron chi connectivity index (χ3n) is 2.32. The summed E-state index contributed by atoms with van der Waals surface area (Å²) in [4.78, 5) is 0. The summed E-state index contributed by atoms with van der Waals surface area (Å²) in [6.07, 6.45) is 1.28. The molecule has 0 spiro atoms. The minimum Gasteiger partial charge on any atom is -0.497 e. The molecular weight excluding hydrogens is 290 g/mol. The minimum absolute atomic E-state index is 0. The summed E-state index contributed by atoms with van der Waals surface area (Å²) in [5, 5.41) is 0. The van der Waals surface area contributed by atoms with E-state index < -0.39 is 18.3 Å². The summed E-state index contributed by atoms with van der Waals surface area (Å²) in [5.74, 6) is -1.24. The molecule has 1 aromatic carbocycles. The maximum atomic E-state index is 12.8. The molecule has 102 valence electrons. The molecule has 0 bridgehead atoms. The summed E-state index contributed by atoms with van der Waals surface area (Å²) < 4.78 is 60.6. The first-order valence-electron chi connectivity index (χ1n) is 5.56. The van der Waals surface area contributed by atoms with Gasteiger partial charge in [0.05, 0.1) is 12.4 Å². The third-order valence-corrected chi connectivity index (χ3v) is 2.32. The van der Waals surface area contributed by atoms with Gasteiger partial charge in [-0.05, 0) is 31.0 Å². The fourth-order valence-electron chi connectivity index (χ4n) is 1.44. The van der Waals surface area contributed by atoms with Crippen molar-refractivity contribution >= 4 is 12.4 Å². The van der Waals surface area contributed by atoms with E-state index in [1.165, 1.54) is 0 Å². The number of ether oxygens (including phenoxy) is 2. The Morgan fingerprint density at radius 2 is 1.74 bits per heavy atom. The van der Waals surface area contributed by atoms with Crippen LogP contribution in [0.1, 0.15) is 12.8 Å². The Morgan fingerprint density at radius 3 is 2.32 bits per heavy atom. The molecule has 19 heavy (non-hydrogen) atoms. The molecule has 0 N–H and O–H groups in total. The van der Waals surface area contributed by atoms with Crippen molar-refractivity contribution < 1.29 is 78.2 Å². The first-order valence-corrected chi connectivity index (χ1v) is 5.56. The second-order valence-corrected chi connectivity index (χ2v) is 3.81. The molecule has 2 nitrogen and oxygen atoms in total. The number of hydrogen-bond acceptors (Lipinski definition) is 2. The van der Waals surface area contributed by atoms with Gasteiger partial charge in [0.15, 0.2) is 0 Å². The van der Waals surface area contributed by atoms with Gasteiger partial charge in [0.1, 0.15) is 5.82 Å². The van der Waals surface area contributed by atoms with Gasteiger partial charge in [0.2, 0.25) is 0 Å². The van der Waals surface area contributed by atoms with E-state index in [0.29, 0.717) is 25.5 Å². The zero-order valence-electron chi connectivity index (χ0n) is 11.0. The molecule has 1 rings (SSSR count). The van der Waals surface area contributed by atoms with Crippen LogP contribution in [-0.4, -0.2) is 27.3 Å². The van der Waals surface area contributed by atoms with Crippen LogP contribution in [-0.2, 0) is 4.74 Å². The zero-order chi connectivity index (χ0) is 13.6. The normalized spacial score (nSPS) is 11.0. The Bertz CT molecular complexity index is 387. The first kappa shape index (κ1) is 19.4. The predicted octanol–water partition coefficient (Wildman–Crippen LogP) is -0.310. The summed E-state index contributed by atoms with van der Waals surface area (Å²) in [5.41, 5.74) is -1.03. The average Bonchev–Trinajstić information content (AvgIpc) is 2.29. The van der Waals surface area contributed by atoms with Gasteiger partial charge in [-0.3, -0.25) is 0 Å². The Morgan fingerprint density at radius 1 is 1.11 bits per heavy atom. The fourth-order valence-corrected chi connectivity index (χ4v) is 1.44. The molecule has 0 heterocycles. The van der Waals surface area contributed by atoms with Crippen molar-refractivity contribution in [2.24, 2.45) is 0 Å². The van der Waals surface area contributed by atoms with Crippen molar-refractivity contribution in [2.75, 3.05) is 20.3 Å². The number of benzene rings is 1. The van der Waals surface area contributed by atoms with Crippen LogP contribution < -0.4 is 61.6 Å². The molecule has 0 unspecified atom stereocenters. The predicted molar refractivity (Wildman–Crippen MR) is 61.7 cm³/mol. The quantitative estimate of drug-likeness (QED) is 0.391. The molecule has 0 saturated heterocycles. The van der Waals surface area contributed by atoms with Crippen LogP contribution in [0.15, 0.2) is 18.2 Å². The van der Waals surface area contributed by atoms with E-state index in [2.05, 4.69) is 0 Å². The standard InChI is InChI=1S/C11H14BF4O2.K/c1-17-6-2-3-7-18-11-5-4-9(13)8-10(11)12(14,15)16;/h4-5,8H,2-3,6-7H2,1H3;/q-1;+1. The van der Waals surface area contributed by atoms with Gasteiger partial charge in [-0.1, -0.05) is 5.46 Å². The molecule has 0 aromatic heterocycles.